The summed E-state index contributed by atoms with van der Waals surface area (Å²) >= 11 is 4.70. The molecule has 0 saturated carbocycles. The molecule has 1 fully saturated rings. The maximum atomic E-state index is 12.6. The van der Waals surface area contributed by atoms with Gasteiger partial charge in [-0.15, -0.1) is 11.3 Å². The molecule has 0 bridgehead atoms. The lowest BCUT2D eigenvalue weighted by Gasteiger charge is -2.32. The lowest BCUT2D eigenvalue weighted by molar-refractivity contribution is 0.0632. The Morgan fingerprint density at radius 1 is 1.43 bits per heavy atom. The molecule has 0 spiro atoms. The molecule has 3 rings (SSSR count). The predicted molar refractivity (Wildman–Crippen MR) is 90.7 cm³/mol. The van der Waals surface area contributed by atoms with Crippen LogP contribution in [0.15, 0.2) is 22.4 Å². The van der Waals surface area contributed by atoms with E-state index in [0.717, 1.165) is 34.4 Å². The van der Waals surface area contributed by atoms with Crippen molar-refractivity contribution in [2.45, 2.75) is 19.8 Å². The number of thiazole rings is 1. The van der Waals surface area contributed by atoms with Gasteiger partial charge in [0, 0.05) is 31.4 Å². The number of aromatic nitrogens is 3. The summed E-state index contributed by atoms with van der Waals surface area (Å²) in [4.78, 5) is 27.6. The number of likely N-dealkylation sites (tertiary alicyclic amines) is 1. The molecule has 0 N–H and O–H groups in total. The molecule has 1 atom stereocenters. The fourth-order valence-corrected chi connectivity index (χ4v) is 3.58. The molecule has 1 unspecified atom stereocenters. The van der Waals surface area contributed by atoms with Crippen LogP contribution in [-0.2, 0) is 0 Å². The summed E-state index contributed by atoms with van der Waals surface area (Å²) in [5, 5.41) is 0. The number of ether oxygens (including phenoxy) is 1. The zero-order chi connectivity index (χ0) is 16.2. The van der Waals surface area contributed by atoms with Gasteiger partial charge in [-0.25, -0.2) is 15.0 Å². The Morgan fingerprint density at radius 3 is 2.91 bits per heavy atom. The minimum Gasteiger partial charge on any atom is -0.463 e. The molecule has 122 valence electrons. The summed E-state index contributed by atoms with van der Waals surface area (Å²) in [7, 11) is 0. The van der Waals surface area contributed by atoms with E-state index in [-0.39, 0.29) is 5.91 Å². The van der Waals surface area contributed by atoms with Crippen molar-refractivity contribution in [3.8, 4) is 6.01 Å². The van der Waals surface area contributed by atoms with Gasteiger partial charge in [-0.2, -0.15) is 0 Å². The molecular formula is C15H17BrN4O2S. The number of rotatable bonds is 4. The van der Waals surface area contributed by atoms with Crippen molar-refractivity contribution in [3.63, 3.8) is 0 Å². The highest BCUT2D eigenvalue weighted by molar-refractivity contribution is 9.10. The van der Waals surface area contributed by atoms with Crippen molar-refractivity contribution in [2.24, 2.45) is 5.92 Å². The average molecular weight is 397 g/mol. The van der Waals surface area contributed by atoms with Crippen molar-refractivity contribution in [3.05, 3.63) is 32.9 Å². The molecule has 2 aromatic rings. The quantitative estimate of drug-likeness (QED) is 0.794. The Hall–Kier alpha value is -1.54. The summed E-state index contributed by atoms with van der Waals surface area (Å²) < 4.78 is 6.47. The first kappa shape index (κ1) is 16.3. The molecule has 8 heteroatoms. The Labute approximate surface area is 147 Å². The van der Waals surface area contributed by atoms with Crippen LogP contribution in [0.3, 0.4) is 0 Å². The smallest absolute Gasteiger partial charge is 0.316 e. The highest BCUT2D eigenvalue weighted by Crippen LogP contribution is 2.22. The Morgan fingerprint density at radius 2 is 2.22 bits per heavy atom. The molecule has 0 aliphatic carbocycles. The molecule has 23 heavy (non-hydrogen) atoms. The SMILES string of the molecule is Cc1ncsc1C(=O)N1CCCC(COc2ncc(Br)cn2)C1. The van der Waals surface area contributed by atoms with Gasteiger partial charge < -0.3 is 9.64 Å². The summed E-state index contributed by atoms with van der Waals surface area (Å²) in [6, 6.07) is 0.370. The number of carbonyl (C=O) groups is 1. The van der Waals surface area contributed by atoms with Crippen LogP contribution in [0.25, 0.3) is 0 Å². The predicted octanol–water partition coefficient (Wildman–Crippen LogP) is 2.94. The van der Waals surface area contributed by atoms with Gasteiger partial charge in [-0.05, 0) is 35.7 Å². The summed E-state index contributed by atoms with van der Waals surface area (Å²) in [5.74, 6) is 0.378. The van der Waals surface area contributed by atoms with Crippen LogP contribution in [0.2, 0.25) is 0 Å². The van der Waals surface area contributed by atoms with E-state index >= 15 is 0 Å². The lowest BCUT2D eigenvalue weighted by Crippen LogP contribution is -2.41. The van der Waals surface area contributed by atoms with Crippen LogP contribution < -0.4 is 4.74 Å². The summed E-state index contributed by atoms with van der Waals surface area (Å²) in [5.41, 5.74) is 2.53. The van der Waals surface area contributed by atoms with Crippen molar-refractivity contribution in [1.29, 1.82) is 0 Å². The van der Waals surface area contributed by atoms with Gasteiger partial charge in [0.1, 0.15) is 4.88 Å². The first-order chi connectivity index (χ1) is 11.1. The fraction of sp³-hybridized carbons (Fsp3) is 0.467. The van der Waals surface area contributed by atoms with Crippen molar-refractivity contribution in [2.75, 3.05) is 19.7 Å². The molecule has 1 aliphatic rings. The van der Waals surface area contributed by atoms with Crippen LogP contribution in [-0.4, -0.2) is 45.5 Å². The molecule has 1 amide bonds. The van der Waals surface area contributed by atoms with Gasteiger partial charge in [0.05, 0.1) is 22.3 Å². The Bertz CT molecular complexity index is 676. The number of nitrogens with zero attached hydrogens (tertiary/aromatic N) is 4. The number of amides is 1. The minimum atomic E-state index is 0.0783. The summed E-state index contributed by atoms with van der Waals surface area (Å²) in [6.07, 6.45) is 5.35. The second-order valence-corrected chi connectivity index (χ2v) is 7.29. The number of aryl methyl sites for hydroxylation is 1. The Kier molecular flexibility index (Phi) is 5.22. The van der Waals surface area contributed by atoms with E-state index in [0.29, 0.717) is 25.1 Å². The van der Waals surface area contributed by atoms with Gasteiger partial charge in [0.15, 0.2) is 0 Å². The monoisotopic (exact) mass is 396 g/mol. The fourth-order valence-electron chi connectivity index (χ4n) is 2.60. The standard InChI is InChI=1S/C15H17BrN4O2S/c1-10-13(23-9-19-10)14(21)20-4-2-3-11(7-20)8-22-15-17-5-12(16)6-18-15/h5-6,9,11H,2-4,7-8H2,1H3. The number of piperidine rings is 1. The zero-order valence-electron chi connectivity index (χ0n) is 12.7. The molecule has 3 heterocycles. The van der Waals surface area contributed by atoms with Crippen molar-refractivity contribution in [1.82, 2.24) is 19.9 Å². The third-order valence-electron chi connectivity index (χ3n) is 3.79. The van der Waals surface area contributed by atoms with E-state index in [9.17, 15) is 4.79 Å². The van der Waals surface area contributed by atoms with Gasteiger partial charge in [0.2, 0.25) is 0 Å². The first-order valence-corrected chi connectivity index (χ1v) is 9.10. The van der Waals surface area contributed by atoms with Gasteiger partial charge in [0.25, 0.3) is 5.91 Å². The van der Waals surface area contributed by atoms with Crippen LogP contribution >= 0.6 is 27.3 Å². The number of carbonyl (C=O) groups excluding carboxylic acids is 1. The van der Waals surface area contributed by atoms with Crippen LogP contribution in [0, 0.1) is 12.8 Å². The maximum absolute atomic E-state index is 12.6. The first-order valence-electron chi connectivity index (χ1n) is 7.43. The zero-order valence-corrected chi connectivity index (χ0v) is 15.1. The molecule has 0 radical (unpaired) electrons. The second-order valence-electron chi connectivity index (χ2n) is 5.52. The lowest BCUT2D eigenvalue weighted by atomic mass is 9.99. The van der Waals surface area contributed by atoms with Crippen LogP contribution in [0.5, 0.6) is 6.01 Å². The topological polar surface area (TPSA) is 68.2 Å². The Balaban J connectivity index is 1.57. The molecule has 1 aliphatic heterocycles. The van der Waals surface area contributed by atoms with E-state index in [1.165, 1.54) is 11.3 Å². The largest absolute Gasteiger partial charge is 0.463 e. The molecular weight excluding hydrogens is 380 g/mol. The molecule has 6 nitrogen and oxygen atoms in total. The minimum absolute atomic E-state index is 0.0783. The third-order valence-corrected chi connectivity index (χ3v) is 5.12. The normalized spacial score (nSPS) is 18.0. The van der Waals surface area contributed by atoms with E-state index in [4.69, 9.17) is 4.74 Å². The van der Waals surface area contributed by atoms with Gasteiger partial charge in [-0.1, -0.05) is 0 Å². The van der Waals surface area contributed by atoms with E-state index < -0.39 is 0 Å². The molecule has 0 aromatic carbocycles. The average Bonchev–Trinajstić information content (AvgIpc) is 3.00. The van der Waals surface area contributed by atoms with E-state index in [1.54, 1.807) is 17.9 Å². The highest BCUT2D eigenvalue weighted by Gasteiger charge is 2.26. The number of hydrogen-bond donors (Lipinski definition) is 0. The van der Waals surface area contributed by atoms with Crippen LogP contribution in [0.1, 0.15) is 28.2 Å². The van der Waals surface area contributed by atoms with E-state index in [2.05, 4.69) is 30.9 Å². The van der Waals surface area contributed by atoms with Gasteiger partial charge in [-0.3, -0.25) is 4.79 Å². The summed E-state index contributed by atoms with van der Waals surface area (Å²) in [6.45, 7) is 3.89. The maximum Gasteiger partial charge on any atom is 0.316 e. The van der Waals surface area contributed by atoms with Crippen molar-refractivity contribution < 1.29 is 9.53 Å². The second kappa shape index (κ2) is 7.35. The number of halogens is 1. The third kappa shape index (κ3) is 4.06. The highest BCUT2D eigenvalue weighted by atomic mass is 79.9. The van der Waals surface area contributed by atoms with Crippen molar-refractivity contribution >= 4 is 33.2 Å². The van der Waals surface area contributed by atoms with Gasteiger partial charge >= 0.3 is 6.01 Å². The van der Waals surface area contributed by atoms with E-state index in [1.807, 2.05) is 11.8 Å². The van der Waals surface area contributed by atoms with Crippen LogP contribution in [0.4, 0.5) is 0 Å². The number of hydrogen-bond acceptors (Lipinski definition) is 6. The molecule has 2 aromatic heterocycles. The molecule has 1 saturated heterocycles.